The van der Waals surface area contributed by atoms with Crippen molar-refractivity contribution < 1.29 is 9.21 Å². The molecule has 1 N–H and O–H groups in total. The molecule has 1 aliphatic rings. The monoisotopic (exact) mass is 234 g/mol. The van der Waals surface area contributed by atoms with E-state index < -0.39 is 0 Å². The van der Waals surface area contributed by atoms with E-state index in [1.807, 2.05) is 11.0 Å². The summed E-state index contributed by atoms with van der Waals surface area (Å²) in [6, 6.07) is 4.32. The van der Waals surface area contributed by atoms with Crippen molar-refractivity contribution in [2.24, 2.45) is 0 Å². The van der Waals surface area contributed by atoms with Gasteiger partial charge in [-0.3, -0.25) is 4.79 Å². The largest absolute Gasteiger partial charge is 0.465 e. The number of rotatable bonds is 2. The van der Waals surface area contributed by atoms with Crippen molar-refractivity contribution in [3.63, 3.8) is 0 Å². The molecule has 1 amide bonds. The Bertz CT molecular complexity index is 388. The number of piperazine rings is 1. The van der Waals surface area contributed by atoms with Gasteiger partial charge in [0.15, 0.2) is 0 Å². The van der Waals surface area contributed by atoms with Crippen LogP contribution in [0.4, 0.5) is 0 Å². The molecule has 1 aromatic rings. The van der Waals surface area contributed by atoms with Gasteiger partial charge in [-0.2, -0.15) is 0 Å². The zero-order valence-corrected chi connectivity index (χ0v) is 10.2. The van der Waals surface area contributed by atoms with Gasteiger partial charge in [0.2, 0.25) is 5.91 Å². The fraction of sp³-hybridized carbons (Fsp3) is 0.462. The van der Waals surface area contributed by atoms with Crippen molar-refractivity contribution in [2.75, 3.05) is 13.1 Å². The van der Waals surface area contributed by atoms with Gasteiger partial charge in [-0.25, -0.2) is 0 Å². The van der Waals surface area contributed by atoms with E-state index in [2.05, 4.69) is 19.2 Å². The molecular weight excluding hydrogens is 216 g/mol. The van der Waals surface area contributed by atoms with Gasteiger partial charge < -0.3 is 14.6 Å². The molecule has 92 valence electrons. The first-order valence-corrected chi connectivity index (χ1v) is 5.91. The fourth-order valence-electron chi connectivity index (χ4n) is 2.15. The Labute approximate surface area is 101 Å². The predicted octanol–water partition coefficient (Wildman–Crippen LogP) is 1.50. The molecular formula is C13H18N2O2. The second-order valence-electron chi connectivity index (χ2n) is 4.56. The standard InChI is InChI=1S/C13H18N2O2/c1-10-8-15(9-11(2)14-10)13(16)6-5-12-4-3-7-17-12/h3-7,10-11,14H,8-9H2,1-2H3. The second-order valence-corrected chi connectivity index (χ2v) is 4.56. The predicted molar refractivity (Wildman–Crippen MR) is 66.4 cm³/mol. The lowest BCUT2D eigenvalue weighted by molar-refractivity contribution is -0.127. The van der Waals surface area contributed by atoms with Crippen LogP contribution in [-0.4, -0.2) is 36.0 Å². The van der Waals surface area contributed by atoms with Crippen LogP contribution in [0.3, 0.4) is 0 Å². The van der Waals surface area contributed by atoms with E-state index in [4.69, 9.17) is 4.42 Å². The summed E-state index contributed by atoms with van der Waals surface area (Å²) < 4.78 is 5.14. The number of amides is 1. The van der Waals surface area contributed by atoms with Crippen molar-refractivity contribution in [3.05, 3.63) is 30.2 Å². The quantitative estimate of drug-likeness (QED) is 0.789. The first-order valence-electron chi connectivity index (χ1n) is 5.91. The Hall–Kier alpha value is -1.55. The molecule has 2 rings (SSSR count). The third kappa shape index (κ3) is 3.20. The summed E-state index contributed by atoms with van der Waals surface area (Å²) in [5.41, 5.74) is 0. The van der Waals surface area contributed by atoms with Crippen LogP contribution in [0, 0.1) is 0 Å². The molecule has 0 saturated carbocycles. The highest BCUT2D eigenvalue weighted by Gasteiger charge is 2.23. The van der Waals surface area contributed by atoms with E-state index in [9.17, 15) is 4.79 Å². The molecule has 2 unspecified atom stereocenters. The van der Waals surface area contributed by atoms with Crippen LogP contribution < -0.4 is 5.32 Å². The maximum atomic E-state index is 12.0. The summed E-state index contributed by atoms with van der Waals surface area (Å²) >= 11 is 0. The molecule has 17 heavy (non-hydrogen) atoms. The highest BCUT2D eigenvalue weighted by atomic mass is 16.3. The SMILES string of the molecule is CC1CN(C(=O)C=Cc2ccco2)CC(C)N1. The van der Waals surface area contributed by atoms with Crippen LogP contribution in [-0.2, 0) is 4.79 Å². The molecule has 2 atom stereocenters. The Morgan fingerprint density at radius 1 is 1.47 bits per heavy atom. The van der Waals surface area contributed by atoms with Crippen LogP contribution in [0.2, 0.25) is 0 Å². The van der Waals surface area contributed by atoms with E-state index in [0.717, 1.165) is 13.1 Å². The Morgan fingerprint density at radius 2 is 2.18 bits per heavy atom. The zero-order chi connectivity index (χ0) is 12.3. The van der Waals surface area contributed by atoms with E-state index in [-0.39, 0.29) is 5.91 Å². The van der Waals surface area contributed by atoms with Crippen LogP contribution in [0.15, 0.2) is 28.9 Å². The smallest absolute Gasteiger partial charge is 0.246 e. The maximum absolute atomic E-state index is 12.0. The van der Waals surface area contributed by atoms with E-state index >= 15 is 0 Å². The lowest BCUT2D eigenvalue weighted by Crippen LogP contribution is -2.55. The minimum atomic E-state index is 0.0431. The van der Waals surface area contributed by atoms with Crippen molar-refractivity contribution in [3.8, 4) is 0 Å². The van der Waals surface area contributed by atoms with Gasteiger partial charge in [0.25, 0.3) is 0 Å². The molecule has 4 nitrogen and oxygen atoms in total. The normalized spacial score (nSPS) is 25.4. The number of hydrogen-bond donors (Lipinski definition) is 1. The number of nitrogens with one attached hydrogen (secondary N) is 1. The van der Waals surface area contributed by atoms with E-state index in [1.165, 1.54) is 0 Å². The molecule has 0 aliphatic carbocycles. The molecule has 2 heterocycles. The van der Waals surface area contributed by atoms with Crippen molar-refractivity contribution in [2.45, 2.75) is 25.9 Å². The van der Waals surface area contributed by atoms with E-state index in [1.54, 1.807) is 24.5 Å². The Morgan fingerprint density at radius 3 is 2.76 bits per heavy atom. The summed E-state index contributed by atoms with van der Waals surface area (Å²) in [5.74, 6) is 0.746. The minimum absolute atomic E-state index is 0.0431. The van der Waals surface area contributed by atoms with Gasteiger partial charge in [-0.15, -0.1) is 0 Å². The summed E-state index contributed by atoms with van der Waals surface area (Å²) in [6.07, 6.45) is 4.88. The molecule has 1 fully saturated rings. The van der Waals surface area contributed by atoms with Crippen molar-refractivity contribution >= 4 is 12.0 Å². The lowest BCUT2D eigenvalue weighted by Gasteiger charge is -2.35. The first kappa shape index (κ1) is 11.9. The average molecular weight is 234 g/mol. The molecule has 0 bridgehead atoms. The number of carbonyl (C=O) groups is 1. The number of furan rings is 1. The van der Waals surface area contributed by atoms with Crippen molar-refractivity contribution in [1.29, 1.82) is 0 Å². The molecule has 0 spiro atoms. The third-order valence-corrected chi connectivity index (χ3v) is 2.80. The molecule has 1 saturated heterocycles. The van der Waals surface area contributed by atoms with Crippen LogP contribution in [0.1, 0.15) is 19.6 Å². The van der Waals surface area contributed by atoms with Gasteiger partial charge >= 0.3 is 0 Å². The Kier molecular flexibility index (Phi) is 3.64. The molecule has 0 aromatic carbocycles. The molecule has 4 heteroatoms. The average Bonchev–Trinajstić information content (AvgIpc) is 2.77. The maximum Gasteiger partial charge on any atom is 0.246 e. The highest BCUT2D eigenvalue weighted by Crippen LogP contribution is 2.07. The van der Waals surface area contributed by atoms with Gasteiger partial charge in [0, 0.05) is 31.2 Å². The minimum Gasteiger partial charge on any atom is -0.465 e. The van der Waals surface area contributed by atoms with Gasteiger partial charge in [-0.05, 0) is 32.1 Å². The first-order chi connectivity index (χ1) is 8.15. The third-order valence-electron chi connectivity index (χ3n) is 2.80. The second kappa shape index (κ2) is 5.19. The summed E-state index contributed by atoms with van der Waals surface area (Å²) in [6.45, 7) is 5.69. The van der Waals surface area contributed by atoms with Crippen LogP contribution in [0.25, 0.3) is 6.08 Å². The van der Waals surface area contributed by atoms with E-state index in [0.29, 0.717) is 17.8 Å². The number of hydrogen-bond acceptors (Lipinski definition) is 3. The summed E-state index contributed by atoms with van der Waals surface area (Å²) in [4.78, 5) is 13.8. The summed E-state index contributed by atoms with van der Waals surface area (Å²) in [5, 5.41) is 3.40. The zero-order valence-electron chi connectivity index (χ0n) is 10.2. The van der Waals surface area contributed by atoms with Gasteiger partial charge in [0.1, 0.15) is 5.76 Å². The van der Waals surface area contributed by atoms with Gasteiger partial charge in [-0.1, -0.05) is 0 Å². The highest BCUT2D eigenvalue weighted by molar-refractivity contribution is 5.91. The molecule has 0 radical (unpaired) electrons. The van der Waals surface area contributed by atoms with Gasteiger partial charge in [0.05, 0.1) is 6.26 Å². The topological polar surface area (TPSA) is 45.5 Å². The lowest BCUT2D eigenvalue weighted by atomic mass is 10.1. The number of carbonyl (C=O) groups excluding carboxylic acids is 1. The van der Waals surface area contributed by atoms with Crippen LogP contribution in [0.5, 0.6) is 0 Å². The van der Waals surface area contributed by atoms with Crippen molar-refractivity contribution in [1.82, 2.24) is 10.2 Å². The number of nitrogens with zero attached hydrogens (tertiary/aromatic N) is 1. The van der Waals surface area contributed by atoms with Crippen LogP contribution >= 0.6 is 0 Å². The molecule has 1 aromatic heterocycles. The Balaban J connectivity index is 1.95. The fourth-order valence-corrected chi connectivity index (χ4v) is 2.15. The molecule has 1 aliphatic heterocycles. The summed E-state index contributed by atoms with van der Waals surface area (Å²) in [7, 11) is 0.